The van der Waals surface area contributed by atoms with Crippen LogP contribution in [0.4, 0.5) is 0 Å². The summed E-state index contributed by atoms with van der Waals surface area (Å²) >= 11 is 0. The summed E-state index contributed by atoms with van der Waals surface area (Å²) in [5.41, 5.74) is 0. The van der Waals surface area contributed by atoms with E-state index in [4.69, 9.17) is 17.7 Å². The van der Waals surface area contributed by atoms with E-state index in [1.807, 2.05) is 0 Å². The predicted octanol–water partition coefficient (Wildman–Crippen LogP) is -1.54. The normalized spacial score (nSPS) is 36.6. The van der Waals surface area contributed by atoms with Gasteiger partial charge >= 0.3 is 0 Å². The molecule has 1 unspecified atom stereocenters. The van der Waals surface area contributed by atoms with Crippen molar-refractivity contribution in [1.82, 2.24) is 5.32 Å². The van der Waals surface area contributed by atoms with Crippen molar-refractivity contribution >= 4 is 7.85 Å². The molecule has 0 spiro atoms. The SMILES string of the molecule is [B][C@H]1CNCC(CO)O1. The Morgan fingerprint density at radius 1 is 1.67 bits per heavy atom. The highest BCUT2D eigenvalue weighted by Crippen LogP contribution is 1.98. The Balaban J connectivity index is 2.23. The molecule has 1 aliphatic heterocycles. The van der Waals surface area contributed by atoms with E-state index in [9.17, 15) is 0 Å². The zero-order chi connectivity index (χ0) is 6.69. The lowest BCUT2D eigenvalue weighted by Gasteiger charge is -2.27. The number of rotatable bonds is 1. The molecule has 0 aromatic carbocycles. The maximum absolute atomic E-state index is 8.59. The maximum Gasteiger partial charge on any atom is 0.110 e. The number of nitrogens with one attached hydrogen (secondary N) is 1. The molecule has 3 nitrogen and oxygen atoms in total. The molecule has 1 rings (SSSR count). The third-order valence-electron chi connectivity index (χ3n) is 1.29. The first-order chi connectivity index (χ1) is 4.33. The second-order valence-electron chi connectivity index (χ2n) is 2.14. The summed E-state index contributed by atoms with van der Waals surface area (Å²) in [6.07, 6.45) is -0.117. The summed E-state index contributed by atoms with van der Waals surface area (Å²) in [5, 5.41) is 11.6. The van der Waals surface area contributed by atoms with E-state index < -0.39 is 0 Å². The van der Waals surface area contributed by atoms with Crippen LogP contribution in [-0.2, 0) is 4.74 Å². The van der Waals surface area contributed by atoms with Gasteiger partial charge in [-0.15, -0.1) is 0 Å². The predicted molar refractivity (Wildman–Crippen MR) is 34.4 cm³/mol. The van der Waals surface area contributed by atoms with Crippen molar-refractivity contribution in [3.63, 3.8) is 0 Å². The zero-order valence-corrected chi connectivity index (χ0v) is 5.21. The third kappa shape index (κ3) is 1.97. The Hall–Kier alpha value is -0.0551. The molecule has 0 aromatic heterocycles. The highest BCUT2D eigenvalue weighted by atomic mass is 16.5. The standard InChI is InChI=1S/C5H10BNO2/c6-5-2-7-1-4(3-8)9-5/h4-5,7-8H,1-3H2/t4?,5-/m1/s1. The van der Waals surface area contributed by atoms with Gasteiger partial charge in [0.1, 0.15) is 7.85 Å². The summed E-state index contributed by atoms with van der Waals surface area (Å²) in [4.78, 5) is 0. The lowest BCUT2D eigenvalue weighted by molar-refractivity contribution is -0.0257. The first kappa shape index (κ1) is 7.06. The number of hydrogen-bond acceptors (Lipinski definition) is 3. The average Bonchev–Trinajstić information content (AvgIpc) is 1.88. The van der Waals surface area contributed by atoms with Crippen molar-refractivity contribution in [2.75, 3.05) is 19.7 Å². The summed E-state index contributed by atoms with van der Waals surface area (Å²) in [6.45, 7) is 1.42. The van der Waals surface area contributed by atoms with Crippen molar-refractivity contribution in [3.05, 3.63) is 0 Å². The van der Waals surface area contributed by atoms with Crippen LogP contribution < -0.4 is 5.32 Å². The van der Waals surface area contributed by atoms with Gasteiger partial charge in [-0.25, -0.2) is 0 Å². The number of ether oxygens (including phenoxy) is 1. The zero-order valence-electron chi connectivity index (χ0n) is 5.21. The summed E-state index contributed by atoms with van der Waals surface area (Å²) in [6, 6.07) is -0.254. The summed E-state index contributed by atoms with van der Waals surface area (Å²) in [7, 11) is 5.40. The topological polar surface area (TPSA) is 41.5 Å². The molecule has 1 saturated heterocycles. The van der Waals surface area contributed by atoms with Gasteiger partial charge in [0, 0.05) is 19.1 Å². The minimum atomic E-state index is -0.254. The first-order valence-corrected chi connectivity index (χ1v) is 3.05. The van der Waals surface area contributed by atoms with Crippen LogP contribution in [0.5, 0.6) is 0 Å². The molecule has 0 bridgehead atoms. The number of aliphatic hydroxyl groups excluding tert-OH is 1. The van der Waals surface area contributed by atoms with Crippen molar-refractivity contribution in [2.45, 2.75) is 12.1 Å². The fourth-order valence-corrected chi connectivity index (χ4v) is 0.838. The van der Waals surface area contributed by atoms with Crippen LogP contribution in [0.15, 0.2) is 0 Å². The van der Waals surface area contributed by atoms with Crippen molar-refractivity contribution in [1.29, 1.82) is 0 Å². The van der Waals surface area contributed by atoms with Crippen molar-refractivity contribution < 1.29 is 9.84 Å². The molecule has 9 heavy (non-hydrogen) atoms. The van der Waals surface area contributed by atoms with E-state index in [0.29, 0.717) is 13.1 Å². The lowest BCUT2D eigenvalue weighted by Crippen LogP contribution is -2.46. The quantitative estimate of drug-likeness (QED) is 0.419. The largest absolute Gasteiger partial charge is 0.394 e. The van der Waals surface area contributed by atoms with Crippen LogP contribution >= 0.6 is 0 Å². The van der Waals surface area contributed by atoms with Gasteiger partial charge in [-0.3, -0.25) is 0 Å². The summed E-state index contributed by atoms with van der Waals surface area (Å²) in [5.74, 6) is 0. The summed E-state index contributed by atoms with van der Waals surface area (Å²) < 4.78 is 5.10. The van der Waals surface area contributed by atoms with E-state index in [2.05, 4.69) is 5.32 Å². The smallest absolute Gasteiger partial charge is 0.110 e. The Morgan fingerprint density at radius 3 is 2.89 bits per heavy atom. The second kappa shape index (κ2) is 3.20. The van der Waals surface area contributed by atoms with Crippen LogP contribution in [0.1, 0.15) is 0 Å². The van der Waals surface area contributed by atoms with Crippen molar-refractivity contribution in [2.24, 2.45) is 0 Å². The highest BCUT2D eigenvalue weighted by molar-refractivity contribution is 6.11. The second-order valence-corrected chi connectivity index (χ2v) is 2.14. The van der Waals surface area contributed by atoms with Gasteiger partial charge < -0.3 is 15.2 Å². The third-order valence-corrected chi connectivity index (χ3v) is 1.29. The number of morpholine rings is 1. The van der Waals surface area contributed by atoms with Gasteiger partial charge in [-0.1, -0.05) is 0 Å². The van der Waals surface area contributed by atoms with E-state index in [1.165, 1.54) is 0 Å². The van der Waals surface area contributed by atoms with Gasteiger partial charge in [-0.2, -0.15) is 0 Å². The van der Waals surface area contributed by atoms with Gasteiger partial charge in [0.05, 0.1) is 12.7 Å². The Labute approximate surface area is 55.8 Å². The van der Waals surface area contributed by atoms with Gasteiger partial charge in [-0.05, 0) is 0 Å². The molecule has 4 heteroatoms. The van der Waals surface area contributed by atoms with E-state index >= 15 is 0 Å². The van der Waals surface area contributed by atoms with Crippen LogP contribution in [0.3, 0.4) is 0 Å². The maximum atomic E-state index is 8.59. The minimum Gasteiger partial charge on any atom is -0.394 e. The highest BCUT2D eigenvalue weighted by Gasteiger charge is 2.16. The minimum absolute atomic E-state index is 0.0424. The molecule has 0 saturated carbocycles. The van der Waals surface area contributed by atoms with Gasteiger partial charge in [0.25, 0.3) is 0 Å². The van der Waals surface area contributed by atoms with Crippen LogP contribution in [0, 0.1) is 0 Å². The van der Waals surface area contributed by atoms with Crippen molar-refractivity contribution in [3.8, 4) is 0 Å². The van der Waals surface area contributed by atoms with E-state index in [-0.39, 0.29) is 18.7 Å². The fraction of sp³-hybridized carbons (Fsp3) is 1.00. The lowest BCUT2D eigenvalue weighted by atomic mass is 9.98. The molecule has 1 aliphatic rings. The number of aliphatic hydroxyl groups is 1. The molecular weight excluding hydrogens is 117 g/mol. The van der Waals surface area contributed by atoms with Crippen LogP contribution in [0.2, 0.25) is 0 Å². The molecule has 0 aromatic rings. The first-order valence-electron chi connectivity index (χ1n) is 3.05. The van der Waals surface area contributed by atoms with Crippen LogP contribution in [-0.4, -0.2) is 44.8 Å². The number of hydrogen-bond donors (Lipinski definition) is 2. The molecule has 2 radical (unpaired) electrons. The molecule has 2 N–H and O–H groups in total. The molecule has 1 fully saturated rings. The molecule has 50 valence electrons. The molecule has 1 heterocycles. The Morgan fingerprint density at radius 2 is 2.44 bits per heavy atom. The molecule has 2 atom stereocenters. The van der Waals surface area contributed by atoms with Gasteiger partial charge in [0.15, 0.2) is 0 Å². The van der Waals surface area contributed by atoms with E-state index in [0.717, 1.165) is 0 Å². The average molecular weight is 127 g/mol. The van der Waals surface area contributed by atoms with Gasteiger partial charge in [0.2, 0.25) is 0 Å². The molecular formula is C5H10BNO2. The molecule has 0 amide bonds. The fourth-order valence-electron chi connectivity index (χ4n) is 0.838. The Bertz CT molecular complexity index is 91.0. The Kier molecular flexibility index (Phi) is 2.51. The van der Waals surface area contributed by atoms with Crippen LogP contribution in [0.25, 0.3) is 0 Å². The van der Waals surface area contributed by atoms with E-state index in [1.54, 1.807) is 0 Å². The molecule has 0 aliphatic carbocycles. The monoisotopic (exact) mass is 127 g/mol.